The number of aromatic nitrogens is 3. The third-order valence-electron chi connectivity index (χ3n) is 4.54. The minimum atomic E-state index is -0.106. The van der Waals surface area contributed by atoms with Gasteiger partial charge in [0.15, 0.2) is 5.82 Å². The van der Waals surface area contributed by atoms with Gasteiger partial charge in [0.05, 0.1) is 32.6 Å². The van der Waals surface area contributed by atoms with E-state index in [-0.39, 0.29) is 11.7 Å². The predicted octanol–water partition coefficient (Wildman–Crippen LogP) is 2.14. The van der Waals surface area contributed by atoms with E-state index in [0.29, 0.717) is 34.6 Å². The number of hydrogen-bond acceptors (Lipinski definition) is 8. The third kappa shape index (κ3) is 5.60. The lowest BCUT2D eigenvalue weighted by Gasteiger charge is -2.10. The quantitative estimate of drug-likeness (QED) is 0.362. The van der Waals surface area contributed by atoms with Gasteiger partial charge in [0.25, 0.3) is 0 Å². The number of benzene rings is 2. The lowest BCUT2D eigenvalue weighted by Crippen LogP contribution is -2.27. The summed E-state index contributed by atoms with van der Waals surface area (Å²) in [7, 11) is 4.77. The Bertz CT molecular complexity index is 1020. The molecule has 1 heterocycles. The highest BCUT2D eigenvalue weighted by molar-refractivity contribution is 7.99. The van der Waals surface area contributed by atoms with Crippen LogP contribution in [0.15, 0.2) is 47.6 Å². The molecule has 10 heteroatoms. The van der Waals surface area contributed by atoms with Gasteiger partial charge in [0.2, 0.25) is 11.1 Å². The number of thioether (sulfide) groups is 1. The molecule has 164 valence electrons. The molecule has 0 atom stereocenters. The molecule has 0 bridgehead atoms. The number of hydrogen-bond donors (Lipinski definition) is 2. The van der Waals surface area contributed by atoms with Crippen LogP contribution in [0.4, 0.5) is 0 Å². The zero-order chi connectivity index (χ0) is 22.2. The normalized spacial score (nSPS) is 10.5. The second-order valence-corrected chi connectivity index (χ2v) is 7.42. The number of nitrogens with two attached hydrogens (primary N) is 1. The number of amides is 1. The molecular formula is C21H25N5O4S. The number of nitrogens with zero attached hydrogens (tertiary/aromatic N) is 3. The van der Waals surface area contributed by atoms with Gasteiger partial charge in [-0.05, 0) is 36.2 Å². The van der Waals surface area contributed by atoms with E-state index in [1.54, 1.807) is 39.5 Å². The van der Waals surface area contributed by atoms with Crippen molar-refractivity contribution in [2.45, 2.75) is 11.6 Å². The molecule has 1 aromatic heterocycles. The summed E-state index contributed by atoms with van der Waals surface area (Å²) in [5.74, 6) is 8.69. The first-order chi connectivity index (χ1) is 15.0. The van der Waals surface area contributed by atoms with Gasteiger partial charge in [-0.2, -0.15) is 0 Å². The van der Waals surface area contributed by atoms with Crippen LogP contribution in [0.1, 0.15) is 5.56 Å². The van der Waals surface area contributed by atoms with Crippen LogP contribution >= 0.6 is 11.8 Å². The number of carbonyl (C=O) groups is 1. The number of nitrogen functional groups attached to an aromatic ring is 1. The average molecular weight is 444 g/mol. The molecule has 0 fully saturated rings. The maximum absolute atomic E-state index is 12.2. The molecule has 9 nitrogen and oxygen atoms in total. The Hall–Kier alpha value is -3.40. The minimum Gasteiger partial charge on any atom is -0.497 e. The second-order valence-electron chi connectivity index (χ2n) is 6.48. The Balaban J connectivity index is 1.54. The summed E-state index contributed by atoms with van der Waals surface area (Å²) >= 11 is 1.21. The Morgan fingerprint density at radius 1 is 1.03 bits per heavy atom. The molecule has 3 rings (SSSR count). The van der Waals surface area contributed by atoms with E-state index in [9.17, 15) is 4.79 Å². The number of rotatable bonds is 10. The van der Waals surface area contributed by atoms with Gasteiger partial charge in [0.1, 0.15) is 17.2 Å². The SMILES string of the molecule is COc1ccc(CCNC(=O)CSc2nnc(-c3ccc(OC)cc3OC)n2N)cc1. The molecule has 0 spiro atoms. The zero-order valence-electron chi connectivity index (χ0n) is 17.6. The molecule has 2 aromatic carbocycles. The van der Waals surface area contributed by atoms with Crippen molar-refractivity contribution in [2.75, 3.05) is 39.5 Å². The molecule has 0 aliphatic rings. The van der Waals surface area contributed by atoms with Crippen molar-refractivity contribution >= 4 is 17.7 Å². The summed E-state index contributed by atoms with van der Waals surface area (Å²) in [5, 5.41) is 11.6. The smallest absolute Gasteiger partial charge is 0.230 e. The van der Waals surface area contributed by atoms with Crippen molar-refractivity contribution in [3.8, 4) is 28.6 Å². The third-order valence-corrected chi connectivity index (χ3v) is 5.48. The first-order valence-electron chi connectivity index (χ1n) is 9.51. The van der Waals surface area contributed by atoms with Crippen molar-refractivity contribution < 1.29 is 19.0 Å². The van der Waals surface area contributed by atoms with Gasteiger partial charge < -0.3 is 25.4 Å². The summed E-state index contributed by atoms with van der Waals surface area (Å²) in [6, 6.07) is 13.1. The van der Waals surface area contributed by atoms with Crippen LogP contribution in [0.3, 0.4) is 0 Å². The van der Waals surface area contributed by atoms with Crippen molar-refractivity contribution in [1.82, 2.24) is 20.2 Å². The van der Waals surface area contributed by atoms with E-state index in [0.717, 1.165) is 17.7 Å². The van der Waals surface area contributed by atoms with E-state index < -0.39 is 0 Å². The minimum absolute atomic E-state index is 0.106. The Morgan fingerprint density at radius 2 is 1.74 bits per heavy atom. The summed E-state index contributed by atoms with van der Waals surface area (Å²) < 4.78 is 17.1. The predicted molar refractivity (Wildman–Crippen MR) is 119 cm³/mol. The Morgan fingerprint density at radius 3 is 2.42 bits per heavy atom. The highest BCUT2D eigenvalue weighted by Crippen LogP contribution is 2.32. The number of ether oxygens (including phenoxy) is 3. The molecule has 0 saturated heterocycles. The Labute approximate surface area is 184 Å². The number of carbonyl (C=O) groups excluding carboxylic acids is 1. The molecule has 31 heavy (non-hydrogen) atoms. The topological polar surface area (TPSA) is 114 Å². The fourth-order valence-electron chi connectivity index (χ4n) is 2.86. The molecule has 3 aromatic rings. The van der Waals surface area contributed by atoms with Crippen molar-refractivity contribution in [3.63, 3.8) is 0 Å². The molecule has 0 unspecified atom stereocenters. The molecule has 1 amide bonds. The van der Waals surface area contributed by atoms with Crippen LogP contribution in [0.2, 0.25) is 0 Å². The van der Waals surface area contributed by atoms with Gasteiger partial charge in [-0.25, -0.2) is 4.68 Å². The monoisotopic (exact) mass is 443 g/mol. The van der Waals surface area contributed by atoms with Crippen LogP contribution in [0, 0.1) is 0 Å². The molecular weight excluding hydrogens is 418 g/mol. The van der Waals surface area contributed by atoms with Gasteiger partial charge in [-0.3, -0.25) is 4.79 Å². The summed E-state index contributed by atoms with van der Waals surface area (Å²) in [6.07, 6.45) is 0.731. The average Bonchev–Trinajstić information content (AvgIpc) is 3.17. The van der Waals surface area contributed by atoms with Gasteiger partial charge >= 0.3 is 0 Å². The first-order valence-corrected chi connectivity index (χ1v) is 10.5. The van der Waals surface area contributed by atoms with E-state index in [1.165, 1.54) is 16.4 Å². The molecule has 3 N–H and O–H groups in total. The van der Waals surface area contributed by atoms with E-state index in [4.69, 9.17) is 20.1 Å². The van der Waals surface area contributed by atoms with E-state index in [1.807, 2.05) is 24.3 Å². The summed E-state index contributed by atoms with van der Waals surface area (Å²) in [6.45, 7) is 0.537. The number of nitrogens with one attached hydrogen (secondary N) is 1. The fraction of sp³-hybridized carbons (Fsp3) is 0.286. The molecule has 0 aliphatic carbocycles. The van der Waals surface area contributed by atoms with Gasteiger partial charge in [-0.15, -0.1) is 10.2 Å². The van der Waals surface area contributed by atoms with Crippen LogP contribution in [-0.2, 0) is 11.2 Å². The van der Waals surface area contributed by atoms with Crippen molar-refractivity contribution in [3.05, 3.63) is 48.0 Å². The largest absolute Gasteiger partial charge is 0.497 e. The molecule has 0 saturated carbocycles. The van der Waals surface area contributed by atoms with Crippen molar-refractivity contribution in [2.24, 2.45) is 0 Å². The summed E-state index contributed by atoms with van der Waals surface area (Å²) in [4.78, 5) is 12.2. The second kappa shape index (κ2) is 10.6. The van der Waals surface area contributed by atoms with Crippen LogP contribution in [-0.4, -0.2) is 54.4 Å². The highest BCUT2D eigenvalue weighted by Gasteiger charge is 2.17. The van der Waals surface area contributed by atoms with E-state index in [2.05, 4.69) is 15.5 Å². The molecule has 0 radical (unpaired) electrons. The van der Waals surface area contributed by atoms with E-state index >= 15 is 0 Å². The zero-order valence-corrected chi connectivity index (χ0v) is 18.4. The maximum atomic E-state index is 12.2. The fourth-order valence-corrected chi connectivity index (χ4v) is 3.55. The van der Waals surface area contributed by atoms with Crippen LogP contribution in [0.25, 0.3) is 11.4 Å². The lowest BCUT2D eigenvalue weighted by molar-refractivity contribution is -0.118. The van der Waals surface area contributed by atoms with Gasteiger partial charge in [0, 0.05) is 12.6 Å². The van der Waals surface area contributed by atoms with Gasteiger partial charge in [-0.1, -0.05) is 23.9 Å². The van der Waals surface area contributed by atoms with Crippen molar-refractivity contribution in [1.29, 1.82) is 0 Å². The van der Waals surface area contributed by atoms with Crippen LogP contribution in [0.5, 0.6) is 17.2 Å². The first kappa shape index (κ1) is 22.3. The maximum Gasteiger partial charge on any atom is 0.230 e. The summed E-state index contributed by atoms with van der Waals surface area (Å²) in [5.41, 5.74) is 1.79. The number of methoxy groups -OCH3 is 3. The lowest BCUT2D eigenvalue weighted by atomic mass is 10.1. The Kier molecular flexibility index (Phi) is 7.60. The van der Waals surface area contributed by atoms with Crippen LogP contribution < -0.4 is 25.4 Å². The standard InChI is InChI=1S/C21H25N5O4S/c1-28-15-6-4-14(5-7-15)10-11-23-19(27)13-31-21-25-24-20(26(21)22)17-9-8-16(29-2)12-18(17)30-3/h4-9,12H,10-11,13,22H2,1-3H3,(H,23,27). The highest BCUT2D eigenvalue weighted by atomic mass is 32.2. The molecule has 0 aliphatic heterocycles.